The van der Waals surface area contributed by atoms with Gasteiger partial charge in [-0.1, -0.05) is 15.9 Å². The molecule has 1 aromatic heterocycles. The molecular formula is C11H12BrN3. The number of benzene rings is 1. The van der Waals surface area contributed by atoms with Crippen LogP contribution in [0.1, 0.15) is 11.3 Å². The van der Waals surface area contributed by atoms with E-state index in [9.17, 15) is 0 Å². The standard InChI is InChI=1S/C11H12BrN3/c1-6-7(2)14-10-4-3-8(12)5-9(10)11(6)15-13/h3-5H,13H2,1-2H3,(H,14,15). The van der Waals surface area contributed by atoms with Crippen LogP contribution in [0.2, 0.25) is 0 Å². The van der Waals surface area contributed by atoms with E-state index in [1.54, 1.807) is 0 Å². The Balaban J connectivity index is 2.89. The Kier molecular flexibility index (Phi) is 2.63. The molecule has 0 aliphatic heterocycles. The molecule has 0 bridgehead atoms. The zero-order valence-electron chi connectivity index (χ0n) is 8.63. The molecule has 4 heteroatoms. The third-order valence-corrected chi connectivity index (χ3v) is 3.07. The lowest BCUT2D eigenvalue weighted by Gasteiger charge is -2.11. The molecule has 0 radical (unpaired) electrons. The van der Waals surface area contributed by atoms with Crippen molar-refractivity contribution in [2.75, 3.05) is 5.43 Å². The Labute approximate surface area is 96.8 Å². The van der Waals surface area contributed by atoms with Crippen LogP contribution in [-0.4, -0.2) is 4.98 Å². The SMILES string of the molecule is Cc1nc2ccc(Br)cc2c(NN)c1C. The maximum Gasteiger partial charge on any atom is 0.0727 e. The van der Waals surface area contributed by atoms with Crippen LogP contribution in [0.3, 0.4) is 0 Å². The molecular weight excluding hydrogens is 254 g/mol. The minimum Gasteiger partial charge on any atom is -0.323 e. The summed E-state index contributed by atoms with van der Waals surface area (Å²) in [4.78, 5) is 4.51. The number of anilines is 1. The van der Waals surface area contributed by atoms with Crippen LogP contribution in [0, 0.1) is 13.8 Å². The molecule has 0 unspecified atom stereocenters. The second-order valence-corrected chi connectivity index (χ2v) is 4.42. The molecule has 0 aliphatic carbocycles. The van der Waals surface area contributed by atoms with Crippen LogP contribution < -0.4 is 11.3 Å². The van der Waals surface area contributed by atoms with E-state index in [-0.39, 0.29) is 0 Å². The first-order valence-corrected chi connectivity index (χ1v) is 5.46. The molecule has 2 rings (SSSR count). The third-order valence-electron chi connectivity index (χ3n) is 2.58. The number of halogens is 1. The number of nitrogen functional groups attached to an aromatic ring is 1. The van der Waals surface area contributed by atoms with E-state index in [2.05, 4.69) is 26.3 Å². The van der Waals surface area contributed by atoms with E-state index in [4.69, 9.17) is 5.84 Å². The summed E-state index contributed by atoms with van der Waals surface area (Å²) in [5, 5.41) is 1.04. The lowest BCUT2D eigenvalue weighted by molar-refractivity contribution is 1.18. The summed E-state index contributed by atoms with van der Waals surface area (Å²) in [5.41, 5.74) is 6.73. The lowest BCUT2D eigenvalue weighted by Crippen LogP contribution is -2.10. The van der Waals surface area contributed by atoms with Gasteiger partial charge in [-0.15, -0.1) is 0 Å². The Morgan fingerprint density at radius 3 is 2.73 bits per heavy atom. The van der Waals surface area contributed by atoms with Gasteiger partial charge in [-0.25, -0.2) is 0 Å². The van der Waals surface area contributed by atoms with Gasteiger partial charge in [0, 0.05) is 15.6 Å². The Morgan fingerprint density at radius 2 is 2.07 bits per heavy atom. The number of pyridine rings is 1. The van der Waals surface area contributed by atoms with Crippen molar-refractivity contribution in [2.45, 2.75) is 13.8 Å². The first-order chi connectivity index (χ1) is 7.13. The molecule has 3 nitrogen and oxygen atoms in total. The highest BCUT2D eigenvalue weighted by molar-refractivity contribution is 9.10. The van der Waals surface area contributed by atoms with Gasteiger partial charge in [-0.2, -0.15) is 0 Å². The van der Waals surface area contributed by atoms with Crippen molar-refractivity contribution in [3.63, 3.8) is 0 Å². The molecule has 1 heterocycles. The lowest BCUT2D eigenvalue weighted by atomic mass is 10.1. The highest BCUT2D eigenvalue weighted by Gasteiger charge is 2.08. The van der Waals surface area contributed by atoms with Crippen LogP contribution in [0.25, 0.3) is 10.9 Å². The normalized spacial score (nSPS) is 10.7. The molecule has 0 aliphatic rings. The number of nitrogens with zero attached hydrogens (tertiary/aromatic N) is 1. The van der Waals surface area contributed by atoms with Gasteiger partial charge >= 0.3 is 0 Å². The fourth-order valence-electron chi connectivity index (χ4n) is 1.64. The molecule has 2 aromatic rings. The first kappa shape index (κ1) is 10.4. The average Bonchev–Trinajstić information content (AvgIpc) is 2.21. The molecule has 3 N–H and O–H groups in total. The monoisotopic (exact) mass is 265 g/mol. The van der Waals surface area contributed by atoms with Crippen LogP contribution in [0.5, 0.6) is 0 Å². The van der Waals surface area contributed by atoms with E-state index in [1.807, 2.05) is 32.0 Å². The Hall–Kier alpha value is -1.13. The zero-order valence-corrected chi connectivity index (χ0v) is 10.2. The van der Waals surface area contributed by atoms with Gasteiger partial charge in [-0.05, 0) is 37.6 Å². The summed E-state index contributed by atoms with van der Waals surface area (Å²) in [5.74, 6) is 5.54. The van der Waals surface area contributed by atoms with Gasteiger partial charge in [0.05, 0.1) is 11.2 Å². The smallest absolute Gasteiger partial charge is 0.0727 e. The molecule has 0 saturated heterocycles. The summed E-state index contributed by atoms with van der Waals surface area (Å²) >= 11 is 3.44. The minimum absolute atomic E-state index is 0.943. The number of rotatable bonds is 1. The fourth-order valence-corrected chi connectivity index (χ4v) is 2.00. The van der Waals surface area contributed by atoms with Crippen molar-refractivity contribution < 1.29 is 0 Å². The van der Waals surface area contributed by atoms with Crippen LogP contribution >= 0.6 is 15.9 Å². The average molecular weight is 266 g/mol. The second-order valence-electron chi connectivity index (χ2n) is 3.50. The van der Waals surface area contributed by atoms with E-state index in [0.29, 0.717) is 0 Å². The number of nitrogens with two attached hydrogens (primary N) is 1. The zero-order chi connectivity index (χ0) is 11.0. The van der Waals surface area contributed by atoms with Crippen LogP contribution in [0.4, 0.5) is 5.69 Å². The summed E-state index contributed by atoms with van der Waals surface area (Å²) in [6.45, 7) is 4.00. The van der Waals surface area contributed by atoms with Crippen molar-refractivity contribution >= 4 is 32.5 Å². The highest BCUT2D eigenvalue weighted by atomic mass is 79.9. The topological polar surface area (TPSA) is 50.9 Å². The van der Waals surface area contributed by atoms with Gasteiger partial charge in [0.2, 0.25) is 0 Å². The fraction of sp³-hybridized carbons (Fsp3) is 0.182. The number of hydrogen-bond acceptors (Lipinski definition) is 3. The summed E-state index contributed by atoms with van der Waals surface area (Å²) < 4.78 is 1.02. The molecule has 0 saturated carbocycles. The number of hydrazine groups is 1. The number of fused-ring (bicyclic) bond motifs is 1. The number of aromatic nitrogens is 1. The summed E-state index contributed by atoms with van der Waals surface area (Å²) in [6.07, 6.45) is 0. The van der Waals surface area contributed by atoms with Crippen LogP contribution in [-0.2, 0) is 0 Å². The second kappa shape index (κ2) is 3.79. The van der Waals surface area contributed by atoms with Crippen molar-refractivity contribution in [1.29, 1.82) is 0 Å². The molecule has 0 fully saturated rings. The summed E-state index contributed by atoms with van der Waals surface area (Å²) in [7, 11) is 0. The molecule has 1 aromatic carbocycles. The van der Waals surface area contributed by atoms with Gasteiger partial charge in [-0.3, -0.25) is 10.8 Å². The number of hydrogen-bond donors (Lipinski definition) is 2. The molecule has 0 atom stereocenters. The van der Waals surface area contributed by atoms with E-state index in [0.717, 1.165) is 32.3 Å². The number of nitrogens with one attached hydrogen (secondary N) is 1. The van der Waals surface area contributed by atoms with E-state index < -0.39 is 0 Å². The maximum atomic E-state index is 5.54. The summed E-state index contributed by atoms with van der Waals surface area (Å²) in [6, 6.07) is 5.97. The molecule has 0 spiro atoms. The van der Waals surface area contributed by atoms with Gasteiger partial charge < -0.3 is 5.43 Å². The molecule has 0 amide bonds. The Bertz CT molecular complexity index is 523. The Morgan fingerprint density at radius 1 is 1.33 bits per heavy atom. The van der Waals surface area contributed by atoms with Gasteiger partial charge in [0.15, 0.2) is 0 Å². The quantitative estimate of drug-likeness (QED) is 0.616. The number of aryl methyl sites for hydroxylation is 1. The maximum absolute atomic E-state index is 5.54. The largest absolute Gasteiger partial charge is 0.323 e. The van der Waals surface area contributed by atoms with E-state index in [1.165, 1.54) is 0 Å². The minimum atomic E-state index is 0.943. The highest BCUT2D eigenvalue weighted by Crippen LogP contribution is 2.29. The van der Waals surface area contributed by atoms with Crippen LogP contribution in [0.15, 0.2) is 22.7 Å². The van der Waals surface area contributed by atoms with Gasteiger partial charge in [0.25, 0.3) is 0 Å². The van der Waals surface area contributed by atoms with E-state index >= 15 is 0 Å². The van der Waals surface area contributed by atoms with Crippen molar-refractivity contribution in [2.24, 2.45) is 5.84 Å². The molecule has 15 heavy (non-hydrogen) atoms. The molecule has 78 valence electrons. The van der Waals surface area contributed by atoms with Crippen molar-refractivity contribution in [3.8, 4) is 0 Å². The predicted octanol–water partition coefficient (Wildman–Crippen LogP) is 2.90. The van der Waals surface area contributed by atoms with Gasteiger partial charge in [0.1, 0.15) is 0 Å². The first-order valence-electron chi connectivity index (χ1n) is 4.66. The van der Waals surface area contributed by atoms with Crippen molar-refractivity contribution in [1.82, 2.24) is 4.98 Å². The third kappa shape index (κ3) is 1.70. The van der Waals surface area contributed by atoms with Crippen molar-refractivity contribution in [3.05, 3.63) is 33.9 Å². The predicted molar refractivity (Wildman–Crippen MR) is 66.7 cm³/mol.